The minimum atomic E-state index is -3.57. The van der Waals surface area contributed by atoms with E-state index in [9.17, 15) is 13.2 Å². The van der Waals surface area contributed by atoms with Crippen molar-refractivity contribution in [3.05, 3.63) is 54.2 Å². The Kier molecular flexibility index (Phi) is 8.02. The van der Waals surface area contributed by atoms with Gasteiger partial charge in [0.2, 0.25) is 15.9 Å². The number of nitrogens with zero attached hydrogens (tertiary/aromatic N) is 4. The highest BCUT2D eigenvalue weighted by atomic mass is 32.2. The van der Waals surface area contributed by atoms with E-state index in [1.807, 2.05) is 30.0 Å². The number of rotatable bonds is 7. The molecule has 2 aliphatic heterocycles. The summed E-state index contributed by atoms with van der Waals surface area (Å²) in [5.74, 6) is 0.0891. The van der Waals surface area contributed by atoms with Gasteiger partial charge < -0.3 is 9.64 Å². The molecule has 0 spiro atoms. The third kappa shape index (κ3) is 6.13. The van der Waals surface area contributed by atoms with Crippen molar-refractivity contribution in [3.8, 4) is 0 Å². The van der Waals surface area contributed by atoms with Gasteiger partial charge in [-0.25, -0.2) is 13.4 Å². The zero-order valence-corrected chi connectivity index (χ0v) is 20.4. The monoisotopic (exact) mass is 490 g/mol. The van der Waals surface area contributed by atoms with Crippen LogP contribution in [0.5, 0.6) is 0 Å². The summed E-state index contributed by atoms with van der Waals surface area (Å²) < 4.78 is 32.1. The lowest BCUT2D eigenvalue weighted by atomic mass is 10.2. The molecular weight excluding hydrogens is 460 g/mol. The molecule has 1 aromatic carbocycles. The molecule has 1 atom stereocenters. The molecule has 4 rings (SSSR count). The minimum Gasteiger partial charge on any atom is -0.379 e. The van der Waals surface area contributed by atoms with E-state index in [1.165, 1.54) is 27.8 Å². The average molecular weight is 491 g/mol. The number of sulfonamides is 1. The highest BCUT2D eigenvalue weighted by Gasteiger charge is 2.28. The van der Waals surface area contributed by atoms with Crippen LogP contribution in [0.15, 0.2) is 58.6 Å². The summed E-state index contributed by atoms with van der Waals surface area (Å²) in [6.45, 7) is 7.41. The van der Waals surface area contributed by atoms with Crippen molar-refractivity contribution in [1.29, 1.82) is 0 Å². The summed E-state index contributed by atoms with van der Waals surface area (Å²) in [5.41, 5.74) is 1.28. The van der Waals surface area contributed by atoms with Gasteiger partial charge in [-0.05, 0) is 24.6 Å². The second-order valence-electron chi connectivity index (χ2n) is 8.20. The number of carbonyl (C=O) groups excluding carboxylic acids is 1. The van der Waals surface area contributed by atoms with Crippen LogP contribution in [0.1, 0.15) is 12.5 Å². The van der Waals surface area contributed by atoms with E-state index in [1.54, 1.807) is 12.1 Å². The lowest BCUT2D eigenvalue weighted by Gasteiger charge is -2.35. The van der Waals surface area contributed by atoms with Crippen molar-refractivity contribution in [3.63, 3.8) is 0 Å². The van der Waals surface area contributed by atoms with Crippen molar-refractivity contribution in [2.75, 3.05) is 52.5 Å². The number of aromatic nitrogens is 1. The molecule has 3 heterocycles. The maximum absolute atomic E-state index is 12.9. The fourth-order valence-corrected chi connectivity index (χ4v) is 6.21. The molecule has 2 aromatic rings. The van der Waals surface area contributed by atoms with Crippen LogP contribution in [0, 0.1) is 0 Å². The number of hydrogen-bond donors (Lipinski definition) is 0. The number of hydrogen-bond acceptors (Lipinski definition) is 7. The summed E-state index contributed by atoms with van der Waals surface area (Å²) in [6.07, 6.45) is 1.38. The third-order valence-electron chi connectivity index (χ3n) is 5.90. The van der Waals surface area contributed by atoms with Crippen LogP contribution in [0.3, 0.4) is 0 Å². The Morgan fingerprint density at radius 1 is 1.03 bits per heavy atom. The summed E-state index contributed by atoms with van der Waals surface area (Å²) in [5, 5.41) is 0.347. The number of amides is 1. The van der Waals surface area contributed by atoms with Crippen LogP contribution in [0.4, 0.5) is 0 Å². The van der Waals surface area contributed by atoms with Gasteiger partial charge in [0, 0.05) is 52.0 Å². The Bertz CT molecular complexity index is 1020. The summed E-state index contributed by atoms with van der Waals surface area (Å²) in [7, 11) is -3.57. The van der Waals surface area contributed by atoms with E-state index in [2.05, 4.69) is 22.0 Å². The molecule has 0 saturated carbocycles. The first kappa shape index (κ1) is 24.2. The van der Waals surface area contributed by atoms with Gasteiger partial charge in [-0.15, -0.1) is 0 Å². The summed E-state index contributed by atoms with van der Waals surface area (Å²) in [4.78, 5) is 21.7. The second-order valence-corrected chi connectivity index (χ2v) is 11.5. The SMILES string of the molecule is CC(Sc1ccc(S(=O)(=O)N2CCOCC2)cn1)C(=O)N1CCN(Cc2ccccc2)CC1. The predicted octanol–water partition coefficient (Wildman–Crippen LogP) is 1.93. The first-order valence-corrected chi connectivity index (χ1v) is 13.5. The Morgan fingerprint density at radius 3 is 2.36 bits per heavy atom. The molecule has 178 valence electrons. The predicted molar refractivity (Wildman–Crippen MR) is 127 cm³/mol. The fraction of sp³-hybridized carbons (Fsp3) is 0.478. The number of morpholine rings is 1. The van der Waals surface area contributed by atoms with Gasteiger partial charge in [0.05, 0.1) is 23.5 Å². The van der Waals surface area contributed by atoms with Crippen LogP contribution in [0.25, 0.3) is 0 Å². The molecule has 8 nitrogen and oxygen atoms in total. The van der Waals surface area contributed by atoms with Crippen molar-refractivity contribution in [2.24, 2.45) is 0 Å². The van der Waals surface area contributed by atoms with Gasteiger partial charge in [-0.3, -0.25) is 9.69 Å². The van der Waals surface area contributed by atoms with Gasteiger partial charge >= 0.3 is 0 Å². The van der Waals surface area contributed by atoms with Crippen molar-refractivity contribution < 1.29 is 17.9 Å². The number of carbonyl (C=O) groups is 1. The lowest BCUT2D eigenvalue weighted by Crippen LogP contribution is -2.50. The number of ether oxygens (including phenoxy) is 1. The highest BCUT2D eigenvalue weighted by molar-refractivity contribution is 8.00. The maximum Gasteiger partial charge on any atom is 0.244 e. The Labute approximate surface area is 200 Å². The standard InChI is InChI=1S/C23H30N4O4S2/c1-19(23(28)26-11-9-25(10-12-26)18-20-5-3-2-4-6-20)32-22-8-7-21(17-24-22)33(29,30)27-13-15-31-16-14-27/h2-8,17,19H,9-16,18H2,1H3. The quantitative estimate of drug-likeness (QED) is 0.549. The molecule has 0 aliphatic carbocycles. The van der Waals surface area contributed by atoms with E-state index in [4.69, 9.17) is 4.74 Å². The van der Waals surface area contributed by atoms with Crippen LogP contribution in [0.2, 0.25) is 0 Å². The van der Waals surface area contributed by atoms with Crippen LogP contribution in [-0.4, -0.2) is 91.1 Å². The Balaban J connectivity index is 1.28. The molecule has 0 N–H and O–H groups in total. The molecule has 2 fully saturated rings. The number of thioether (sulfide) groups is 1. The molecular formula is C23H30N4O4S2. The molecule has 1 unspecified atom stereocenters. The Hall–Kier alpha value is -1.98. The number of piperazine rings is 1. The highest BCUT2D eigenvalue weighted by Crippen LogP contribution is 2.25. The van der Waals surface area contributed by atoms with Crippen molar-refractivity contribution >= 4 is 27.7 Å². The van der Waals surface area contributed by atoms with E-state index in [-0.39, 0.29) is 16.1 Å². The summed E-state index contributed by atoms with van der Waals surface area (Å²) in [6, 6.07) is 13.6. The van der Waals surface area contributed by atoms with E-state index in [0.29, 0.717) is 44.4 Å². The van der Waals surface area contributed by atoms with Gasteiger partial charge in [-0.2, -0.15) is 4.31 Å². The fourth-order valence-electron chi connectivity index (χ4n) is 3.98. The molecule has 0 radical (unpaired) electrons. The molecule has 0 bridgehead atoms. The lowest BCUT2D eigenvalue weighted by molar-refractivity contribution is -0.132. The molecule has 1 amide bonds. The number of pyridine rings is 1. The first-order valence-electron chi connectivity index (χ1n) is 11.2. The maximum atomic E-state index is 12.9. The third-order valence-corrected chi connectivity index (χ3v) is 8.82. The van der Waals surface area contributed by atoms with Crippen molar-refractivity contribution in [2.45, 2.75) is 28.6 Å². The van der Waals surface area contributed by atoms with Gasteiger partial charge in [0.1, 0.15) is 4.90 Å². The van der Waals surface area contributed by atoms with Crippen LogP contribution in [-0.2, 0) is 26.1 Å². The van der Waals surface area contributed by atoms with E-state index < -0.39 is 10.0 Å². The topological polar surface area (TPSA) is 83.0 Å². The number of benzene rings is 1. The van der Waals surface area contributed by atoms with Crippen LogP contribution >= 0.6 is 11.8 Å². The minimum absolute atomic E-state index is 0.0891. The zero-order valence-electron chi connectivity index (χ0n) is 18.8. The van der Waals surface area contributed by atoms with E-state index >= 15 is 0 Å². The second kappa shape index (κ2) is 11.0. The molecule has 10 heteroatoms. The van der Waals surface area contributed by atoms with Gasteiger partial charge in [0.25, 0.3) is 0 Å². The molecule has 2 aliphatic rings. The molecule has 33 heavy (non-hydrogen) atoms. The van der Waals surface area contributed by atoms with Crippen LogP contribution < -0.4 is 0 Å². The normalized spacial score (nSPS) is 19.4. The summed E-state index contributed by atoms with van der Waals surface area (Å²) >= 11 is 1.36. The largest absolute Gasteiger partial charge is 0.379 e. The smallest absolute Gasteiger partial charge is 0.244 e. The first-order chi connectivity index (χ1) is 15.9. The molecule has 2 saturated heterocycles. The van der Waals surface area contributed by atoms with Gasteiger partial charge in [0.15, 0.2) is 0 Å². The average Bonchev–Trinajstić information content (AvgIpc) is 2.85. The van der Waals surface area contributed by atoms with Gasteiger partial charge in [-0.1, -0.05) is 42.1 Å². The van der Waals surface area contributed by atoms with Crippen molar-refractivity contribution in [1.82, 2.24) is 19.1 Å². The Morgan fingerprint density at radius 2 is 1.73 bits per heavy atom. The van der Waals surface area contributed by atoms with E-state index in [0.717, 1.165) is 19.6 Å². The molecule has 1 aromatic heterocycles. The zero-order chi connectivity index (χ0) is 23.3.